The Hall–Kier alpha value is -2.23. The van der Waals surface area contributed by atoms with Crippen LogP contribution in [0.5, 0.6) is 11.5 Å². The molecule has 0 saturated heterocycles. The molecule has 0 aromatic heterocycles. The van der Waals surface area contributed by atoms with Gasteiger partial charge < -0.3 is 15.2 Å². The lowest BCUT2D eigenvalue weighted by Crippen LogP contribution is -2.00. The van der Waals surface area contributed by atoms with E-state index in [1.54, 1.807) is 19.2 Å². The molecule has 2 rings (SSSR count). The minimum Gasteiger partial charge on any atom is -0.497 e. The van der Waals surface area contributed by atoms with Gasteiger partial charge in [-0.1, -0.05) is 18.2 Å². The highest BCUT2D eigenvalue weighted by molar-refractivity contribution is 5.52. The maximum atomic E-state index is 13.4. The summed E-state index contributed by atoms with van der Waals surface area (Å²) in [4.78, 5) is 0. The Morgan fingerprint density at radius 3 is 2.44 bits per heavy atom. The average molecular weight is 247 g/mol. The number of nitrogens with two attached hydrogens (primary N) is 1. The lowest BCUT2D eigenvalue weighted by atomic mass is 10.2. The number of hydrogen-bond donors (Lipinski definition) is 1. The third kappa shape index (κ3) is 2.71. The van der Waals surface area contributed by atoms with Crippen molar-refractivity contribution in [2.45, 2.75) is 6.61 Å². The SMILES string of the molecule is COc1ccc(COc2c(N)cccc2F)cc1. The largest absolute Gasteiger partial charge is 0.497 e. The molecule has 0 aliphatic rings. The van der Waals surface area contributed by atoms with E-state index in [4.69, 9.17) is 15.2 Å². The summed E-state index contributed by atoms with van der Waals surface area (Å²) < 4.78 is 23.9. The van der Waals surface area contributed by atoms with Gasteiger partial charge in [0.05, 0.1) is 12.8 Å². The smallest absolute Gasteiger partial charge is 0.178 e. The van der Waals surface area contributed by atoms with E-state index in [-0.39, 0.29) is 12.4 Å². The van der Waals surface area contributed by atoms with Crippen molar-refractivity contribution in [3.8, 4) is 11.5 Å². The summed E-state index contributed by atoms with van der Waals surface area (Å²) in [7, 11) is 1.60. The first-order valence-electron chi connectivity index (χ1n) is 5.50. The van der Waals surface area contributed by atoms with Crippen molar-refractivity contribution in [1.82, 2.24) is 0 Å². The Morgan fingerprint density at radius 2 is 1.83 bits per heavy atom. The van der Waals surface area contributed by atoms with E-state index in [1.165, 1.54) is 6.07 Å². The lowest BCUT2D eigenvalue weighted by Gasteiger charge is -2.10. The summed E-state index contributed by atoms with van der Waals surface area (Å²) >= 11 is 0. The van der Waals surface area contributed by atoms with Gasteiger partial charge in [-0.3, -0.25) is 0 Å². The molecule has 0 bridgehead atoms. The van der Waals surface area contributed by atoms with Crippen LogP contribution < -0.4 is 15.2 Å². The Balaban J connectivity index is 2.06. The van der Waals surface area contributed by atoms with Gasteiger partial charge in [0.1, 0.15) is 12.4 Å². The molecular weight excluding hydrogens is 233 g/mol. The van der Waals surface area contributed by atoms with Crippen LogP contribution in [-0.2, 0) is 6.61 Å². The first-order chi connectivity index (χ1) is 8.70. The van der Waals surface area contributed by atoms with E-state index < -0.39 is 5.82 Å². The summed E-state index contributed by atoms with van der Waals surface area (Å²) in [5.41, 5.74) is 6.86. The molecule has 2 aromatic rings. The van der Waals surface area contributed by atoms with Crippen LogP contribution in [0.4, 0.5) is 10.1 Å². The van der Waals surface area contributed by atoms with E-state index >= 15 is 0 Å². The fourth-order valence-electron chi connectivity index (χ4n) is 1.56. The first-order valence-corrected chi connectivity index (χ1v) is 5.50. The van der Waals surface area contributed by atoms with Crippen LogP contribution in [0.2, 0.25) is 0 Å². The Kier molecular flexibility index (Phi) is 3.67. The van der Waals surface area contributed by atoms with Crippen LogP contribution in [0, 0.1) is 5.82 Å². The predicted molar refractivity (Wildman–Crippen MR) is 68.1 cm³/mol. The molecule has 4 heteroatoms. The lowest BCUT2D eigenvalue weighted by molar-refractivity contribution is 0.292. The van der Waals surface area contributed by atoms with E-state index in [1.807, 2.05) is 24.3 Å². The molecule has 2 N–H and O–H groups in total. The average Bonchev–Trinajstić information content (AvgIpc) is 2.39. The van der Waals surface area contributed by atoms with Gasteiger partial charge in [0.25, 0.3) is 0 Å². The number of methoxy groups -OCH3 is 1. The number of para-hydroxylation sites is 1. The molecule has 94 valence electrons. The monoisotopic (exact) mass is 247 g/mol. The van der Waals surface area contributed by atoms with Crippen LogP contribution in [0.25, 0.3) is 0 Å². The summed E-state index contributed by atoms with van der Waals surface area (Å²) in [5, 5.41) is 0. The Morgan fingerprint density at radius 1 is 1.11 bits per heavy atom. The summed E-state index contributed by atoms with van der Waals surface area (Å²) in [5.74, 6) is 0.404. The van der Waals surface area contributed by atoms with E-state index in [0.29, 0.717) is 5.69 Å². The van der Waals surface area contributed by atoms with Gasteiger partial charge in [-0.25, -0.2) is 4.39 Å². The Labute approximate surface area is 105 Å². The summed E-state index contributed by atoms with van der Waals surface area (Å²) in [6.45, 7) is 0.259. The van der Waals surface area contributed by atoms with Gasteiger partial charge in [-0.05, 0) is 29.8 Å². The molecule has 0 unspecified atom stereocenters. The number of ether oxygens (including phenoxy) is 2. The fraction of sp³-hybridized carbons (Fsp3) is 0.143. The molecule has 0 aliphatic heterocycles. The topological polar surface area (TPSA) is 44.5 Å². The van der Waals surface area contributed by atoms with Crippen LogP contribution in [0.1, 0.15) is 5.56 Å². The minimum atomic E-state index is -0.455. The van der Waals surface area contributed by atoms with Crippen molar-refractivity contribution in [3.05, 3.63) is 53.8 Å². The zero-order valence-electron chi connectivity index (χ0n) is 10.0. The van der Waals surface area contributed by atoms with Crippen molar-refractivity contribution in [2.75, 3.05) is 12.8 Å². The van der Waals surface area contributed by atoms with Gasteiger partial charge in [0.15, 0.2) is 11.6 Å². The molecule has 0 fully saturated rings. The van der Waals surface area contributed by atoms with Gasteiger partial charge in [-0.2, -0.15) is 0 Å². The number of nitrogen functional groups attached to an aromatic ring is 1. The third-order valence-corrected chi connectivity index (χ3v) is 2.54. The highest BCUT2D eigenvalue weighted by atomic mass is 19.1. The molecule has 3 nitrogen and oxygen atoms in total. The minimum absolute atomic E-state index is 0.0910. The van der Waals surface area contributed by atoms with Crippen LogP contribution in [-0.4, -0.2) is 7.11 Å². The first kappa shape index (κ1) is 12.2. The molecule has 0 amide bonds. The highest BCUT2D eigenvalue weighted by Crippen LogP contribution is 2.25. The molecule has 0 spiro atoms. The molecule has 0 atom stereocenters. The van der Waals surface area contributed by atoms with Crippen molar-refractivity contribution in [2.24, 2.45) is 0 Å². The van der Waals surface area contributed by atoms with Gasteiger partial charge in [-0.15, -0.1) is 0 Å². The third-order valence-electron chi connectivity index (χ3n) is 2.54. The van der Waals surface area contributed by atoms with Gasteiger partial charge in [0, 0.05) is 0 Å². The second kappa shape index (κ2) is 5.40. The number of benzene rings is 2. The van der Waals surface area contributed by atoms with Crippen molar-refractivity contribution < 1.29 is 13.9 Å². The predicted octanol–water partition coefficient (Wildman–Crippen LogP) is 3.00. The van der Waals surface area contributed by atoms with E-state index in [2.05, 4.69) is 0 Å². The van der Waals surface area contributed by atoms with Gasteiger partial charge >= 0.3 is 0 Å². The standard InChI is InChI=1S/C14H14FNO2/c1-17-11-7-5-10(6-8-11)9-18-14-12(15)3-2-4-13(14)16/h2-8H,9,16H2,1H3. The molecule has 18 heavy (non-hydrogen) atoms. The second-order valence-corrected chi connectivity index (χ2v) is 3.79. The van der Waals surface area contributed by atoms with E-state index in [9.17, 15) is 4.39 Å². The zero-order valence-corrected chi connectivity index (χ0v) is 10.0. The maximum absolute atomic E-state index is 13.4. The number of hydrogen-bond acceptors (Lipinski definition) is 3. The van der Waals surface area contributed by atoms with Crippen LogP contribution in [0.15, 0.2) is 42.5 Å². The molecule has 0 radical (unpaired) electrons. The fourth-order valence-corrected chi connectivity index (χ4v) is 1.56. The zero-order chi connectivity index (χ0) is 13.0. The highest BCUT2D eigenvalue weighted by Gasteiger charge is 2.07. The van der Waals surface area contributed by atoms with E-state index in [0.717, 1.165) is 11.3 Å². The van der Waals surface area contributed by atoms with Crippen LogP contribution >= 0.6 is 0 Å². The molecular formula is C14H14FNO2. The molecule has 0 aliphatic carbocycles. The normalized spacial score (nSPS) is 10.1. The number of halogens is 1. The summed E-state index contributed by atoms with van der Waals surface area (Å²) in [6, 6.07) is 11.8. The Bertz CT molecular complexity index is 506. The van der Waals surface area contributed by atoms with Crippen molar-refractivity contribution in [3.63, 3.8) is 0 Å². The van der Waals surface area contributed by atoms with Crippen molar-refractivity contribution in [1.29, 1.82) is 0 Å². The number of rotatable bonds is 4. The molecule has 0 heterocycles. The molecule has 0 saturated carbocycles. The van der Waals surface area contributed by atoms with Crippen molar-refractivity contribution >= 4 is 5.69 Å². The molecule has 2 aromatic carbocycles. The summed E-state index contributed by atoms with van der Waals surface area (Å²) in [6.07, 6.45) is 0. The van der Waals surface area contributed by atoms with Crippen LogP contribution in [0.3, 0.4) is 0 Å². The second-order valence-electron chi connectivity index (χ2n) is 3.79. The maximum Gasteiger partial charge on any atom is 0.178 e. The number of anilines is 1. The quantitative estimate of drug-likeness (QED) is 0.845. The van der Waals surface area contributed by atoms with Gasteiger partial charge in [0.2, 0.25) is 0 Å².